The van der Waals surface area contributed by atoms with Crippen molar-refractivity contribution in [3.05, 3.63) is 51.8 Å². The number of nitrogens with one attached hydrogen (secondary N) is 1. The average molecular weight is 427 g/mol. The molecular formula is C18H18BrF3N4. The Morgan fingerprint density at radius 2 is 1.81 bits per heavy atom. The molecule has 0 fully saturated rings. The Hall–Kier alpha value is -2.09. The van der Waals surface area contributed by atoms with Gasteiger partial charge in [-0.3, -0.25) is 0 Å². The predicted octanol–water partition coefficient (Wildman–Crippen LogP) is 5.27. The maximum Gasteiger partial charge on any atom is 0.194 e. The number of nitrogens with zero attached hydrogens (tertiary/aromatic N) is 3. The maximum atomic E-state index is 13.8. The molecule has 3 rings (SSSR count). The highest BCUT2D eigenvalue weighted by Crippen LogP contribution is 2.31. The number of halogens is 4. The molecule has 8 heteroatoms. The summed E-state index contributed by atoms with van der Waals surface area (Å²) in [5.74, 6) is -3.86. The number of fused-ring (bicyclic) bond motifs is 1. The second-order valence-corrected chi connectivity index (χ2v) is 8.08. The summed E-state index contributed by atoms with van der Waals surface area (Å²) < 4.78 is 42.7. The van der Waals surface area contributed by atoms with Crippen LogP contribution in [0.2, 0.25) is 0 Å². The molecule has 0 radical (unpaired) electrons. The lowest BCUT2D eigenvalue weighted by Gasteiger charge is -2.18. The minimum Gasteiger partial charge on any atom is -0.380 e. The van der Waals surface area contributed by atoms with Gasteiger partial charge in [-0.1, -0.05) is 32.1 Å². The topological polar surface area (TPSA) is 42.7 Å². The zero-order valence-corrected chi connectivity index (χ0v) is 16.2. The Morgan fingerprint density at radius 1 is 1.08 bits per heavy atom. The SMILES string of the molecule is CC(C)(C)Cn1nnc2c(Br)c(NCc3ccc(F)c(F)c3F)ccc21. The normalized spacial score (nSPS) is 12.0. The molecule has 26 heavy (non-hydrogen) atoms. The van der Waals surface area contributed by atoms with Crippen molar-refractivity contribution in [3.63, 3.8) is 0 Å². The van der Waals surface area contributed by atoms with E-state index in [-0.39, 0.29) is 17.5 Å². The van der Waals surface area contributed by atoms with Crippen LogP contribution in [-0.4, -0.2) is 15.0 Å². The first-order chi connectivity index (χ1) is 12.2. The molecule has 2 aromatic carbocycles. The Labute approximate surface area is 157 Å². The Kier molecular flexibility index (Phi) is 4.96. The molecule has 138 valence electrons. The number of anilines is 1. The molecule has 0 spiro atoms. The van der Waals surface area contributed by atoms with Crippen LogP contribution < -0.4 is 5.32 Å². The molecule has 0 atom stereocenters. The van der Waals surface area contributed by atoms with Crippen molar-refractivity contribution >= 4 is 32.7 Å². The van der Waals surface area contributed by atoms with E-state index in [1.807, 2.05) is 16.8 Å². The molecule has 1 N–H and O–H groups in total. The quantitative estimate of drug-likeness (QED) is 0.577. The van der Waals surface area contributed by atoms with Crippen molar-refractivity contribution in [2.24, 2.45) is 5.41 Å². The van der Waals surface area contributed by atoms with Gasteiger partial charge in [0.2, 0.25) is 0 Å². The van der Waals surface area contributed by atoms with Gasteiger partial charge in [-0.2, -0.15) is 0 Å². The van der Waals surface area contributed by atoms with E-state index in [4.69, 9.17) is 0 Å². The van der Waals surface area contributed by atoms with Gasteiger partial charge in [0.25, 0.3) is 0 Å². The van der Waals surface area contributed by atoms with E-state index in [1.54, 1.807) is 0 Å². The van der Waals surface area contributed by atoms with Crippen molar-refractivity contribution in [2.75, 3.05) is 5.32 Å². The number of hydrogen-bond acceptors (Lipinski definition) is 3. The van der Waals surface area contributed by atoms with Crippen molar-refractivity contribution in [2.45, 2.75) is 33.9 Å². The first-order valence-electron chi connectivity index (χ1n) is 8.05. The van der Waals surface area contributed by atoms with E-state index < -0.39 is 17.5 Å². The summed E-state index contributed by atoms with van der Waals surface area (Å²) >= 11 is 3.49. The highest BCUT2D eigenvalue weighted by atomic mass is 79.9. The fourth-order valence-corrected chi connectivity index (χ4v) is 3.15. The molecule has 0 bridgehead atoms. The molecule has 0 aliphatic carbocycles. The van der Waals surface area contributed by atoms with Crippen molar-refractivity contribution in [1.82, 2.24) is 15.0 Å². The summed E-state index contributed by atoms with van der Waals surface area (Å²) in [6, 6.07) is 5.81. The number of benzene rings is 2. The smallest absolute Gasteiger partial charge is 0.194 e. The fourth-order valence-electron chi connectivity index (χ4n) is 2.60. The lowest BCUT2D eigenvalue weighted by atomic mass is 9.97. The van der Waals surface area contributed by atoms with E-state index in [1.165, 1.54) is 6.07 Å². The van der Waals surface area contributed by atoms with Crippen LogP contribution in [0.25, 0.3) is 11.0 Å². The zero-order valence-electron chi connectivity index (χ0n) is 14.6. The number of hydrogen-bond donors (Lipinski definition) is 1. The first-order valence-corrected chi connectivity index (χ1v) is 8.84. The van der Waals surface area contributed by atoms with Crippen LogP contribution >= 0.6 is 15.9 Å². The molecule has 0 amide bonds. The maximum absolute atomic E-state index is 13.8. The third kappa shape index (κ3) is 3.70. The minimum atomic E-state index is -1.47. The Morgan fingerprint density at radius 3 is 2.50 bits per heavy atom. The zero-order chi connectivity index (χ0) is 19.1. The van der Waals surface area contributed by atoms with Gasteiger partial charge in [-0.05, 0) is 39.5 Å². The molecule has 4 nitrogen and oxygen atoms in total. The largest absolute Gasteiger partial charge is 0.380 e. The number of rotatable bonds is 4. The van der Waals surface area contributed by atoms with Crippen LogP contribution in [0.1, 0.15) is 26.3 Å². The van der Waals surface area contributed by atoms with Crippen molar-refractivity contribution in [1.29, 1.82) is 0 Å². The second kappa shape index (κ2) is 6.90. The molecule has 0 aliphatic rings. The highest BCUT2D eigenvalue weighted by Gasteiger charge is 2.18. The van der Waals surface area contributed by atoms with Crippen LogP contribution in [0.3, 0.4) is 0 Å². The molecule has 1 aromatic heterocycles. The lowest BCUT2D eigenvalue weighted by Crippen LogP contribution is -2.16. The van der Waals surface area contributed by atoms with Gasteiger partial charge in [0.1, 0.15) is 5.52 Å². The molecular weight excluding hydrogens is 409 g/mol. The molecule has 0 aliphatic heterocycles. The summed E-state index contributed by atoms with van der Waals surface area (Å²) in [6.45, 7) is 7.05. The monoisotopic (exact) mass is 426 g/mol. The first kappa shape index (κ1) is 18.7. The third-order valence-corrected chi connectivity index (χ3v) is 4.64. The van der Waals surface area contributed by atoms with E-state index in [9.17, 15) is 13.2 Å². The summed E-state index contributed by atoms with van der Waals surface area (Å²) in [4.78, 5) is 0. The summed E-state index contributed by atoms with van der Waals surface area (Å²) in [6.07, 6.45) is 0. The lowest BCUT2D eigenvalue weighted by molar-refractivity contribution is 0.327. The van der Waals surface area contributed by atoms with Gasteiger partial charge in [0.05, 0.1) is 15.7 Å². The highest BCUT2D eigenvalue weighted by molar-refractivity contribution is 9.10. The van der Waals surface area contributed by atoms with Gasteiger partial charge >= 0.3 is 0 Å². The van der Waals surface area contributed by atoms with Gasteiger partial charge in [0, 0.05) is 18.7 Å². The number of aromatic nitrogens is 3. The standard InChI is InChI=1S/C18H18BrF3N4/c1-18(2,3)9-26-13-7-6-12(14(19)17(13)24-25-26)23-8-10-4-5-11(20)16(22)15(10)21/h4-7,23H,8-9H2,1-3H3. The van der Waals surface area contributed by atoms with Gasteiger partial charge < -0.3 is 5.32 Å². The van der Waals surface area contributed by atoms with Crippen molar-refractivity contribution in [3.8, 4) is 0 Å². The Balaban J connectivity index is 1.86. The van der Waals surface area contributed by atoms with Crippen LogP contribution in [0.15, 0.2) is 28.7 Å². The van der Waals surface area contributed by atoms with Crippen LogP contribution in [0.5, 0.6) is 0 Å². The van der Waals surface area contributed by atoms with E-state index in [2.05, 4.69) is 52.3 Å². The van der Waals surface area contributed by atoms with Gasteiger partial charge in [-0.15, -0.1) is 5.10 Å². The van der Waals surface area contributed by atoms with Crippen LogP contribution in [0, 0.1) is 22.9 Å². The van der Waals surface area contributed by atoms with Crippen molar-refractivity contribution < 1.29 is 13.2 Å². The summed E-state index contributed by atoms with van der Waals surface area (Å²) in [5.41, 5.74) is 2.28. The Bertz CT molecular complexity index is 963. The molecule has 3 aromatic rings. The van der Waals surface area contributed by atoms with Crippen LogP contribution in [0.4, 0.5) is 18.9 Å². The minimum absolute atomic E-state index is 0.00324. The molecule has 0 saturated carbocycles. The molecule has 1 heterocycles. The fraction of sp³-hybridized carbons (Fsp3) is 0.333. The molecule has 0 unspecified atom stereocenters. The van der Waals surface area contributed by atoms with E-state index >= 15 is 0 Å². The summed E-state index contributed by atoms with van der Waals surface area (Å²) in [5, 5.41) is 11.4. The third-order valence-electron chi connectivity index (χ3n) is 3.83. The average Bonchev–Trinajstić information content (AvgIpc) is 2.95. The summed E-state index contributed by atoms with van der Waals surface area (Å²) in [7, 11) is 0. The van der Waals surface area contributed by atoms with Gasteiger partial charge in [0.15, 0.2) is 17.5 Å². The van der Waals surface area contributed by atoms with E-state index in [0.717, 1.165) is 11.6 Å². The second-order valence-electron chi connectivity index (χ2n) is 7.29. The van der Waals surface area contributed by atoms with Gasteiger partial charge in [-0.25, -0.2) is 17.9 Å². The predicted molar refractivity (Wildman–Crippen MR) is 98.3 cm³/mol. The van der Waals surface area contributed by atoms with E-state index in [0.29, 0.717) is 22.2 Å². The molecule has 0 saturated heterocycles. The van der Waals surface area contributed by atoms with Crippen LogP contribution in [-0.2, 0) is 13.1 Å².